The number of hydrogen-bond acceptors (Lipinski definition) is 2. The molecule has 110 valence electrons. The van der Waals surface area contributed by atoms with Crippen LogP contribution in [0.4, 0.5) is 0 Å². The summed E-state index contributed by atoms with van der Waals surface area (Å²) >= 11 is 0. The molecular formula is C20H20N2. The predicted octanol–water partition coefficient (Wildman–Crippen LogP) is 4.01. The van der Waals surface area contributed by atoms with Crippen LogP contribution in [0.25, 0.3) is 0 Å². The Labute approximate surface area is 132 Å². The third-order valence-electron chi connectivity index (χ3n) is 5.33. The molecule has 1 saturated carbocycles. The Morgan fingerprint density at radius 2 is 1.55 bits per heavy atom. The second-order valence-electron chi connectivity index (χ2n) is 6.75. The Morgan fingerprint density at radius 1 is 1.00 bits per heavy atom. The highest BCUT2D eigenvalue weighted by atomic mass is 15.3. The molecule has 0 amide bonds. The van der Waals surface area contributed by atoms with Crippen molar-refractivity contribution in [3.63, 3.8) is 0 Å². The minimum atomic E-state index is 0.344. The maximum absolute atomic E-state index is 8.90. The summed E-state index contributed by atoms with van der Waals surface area (Å²) in [6.07, 6.45) is 1.97. The lowest BCUT2D eigenvalue weighted by Gasteiger charge is -2.46. The quantitative estimate of drug-likeness (QED) is 0.850. The summed E-state index contributed by atoms with van der Waals surface area (Å²) in [5.41, 5.74) is 3.18. The van der Waals surface area contributed by atoms with E-state index in [-0.39, 0.29) is 0 Å². The van der Waals surface area contributed by atoms with E-state index in [0.29, 0.717) is 17.4 Å². The van der Waals surface area contributed by atoms with Crippen molar-refractivity contribution in [2.75, 3.05) is 13.1 Å². The van der Waals surface area contributed by atoms with Crippen molar-refractivity contribution in [2.24, 2.45) is 11.3 Å². The van der Waals surface area contributed by atoms with E-state index in [4.69, 9.17) is 5.26 Å². The molecular weight excluding hydrogens is 268 g/mol. The van der Waals surface area contributed by atoms with Crippen molar-refractivity contribution in [1.82, 2.24) is 4.90 Å². The average molecular weight is 288 g/mol. The molecule has 0 aromatic heterocycles. The zero-order valence-electron chi connectivity index (χ0n) is 12.7. The smallest absolute Gasteiger partial charge is 0.0624 e. The van der Waals surface area contributed by atoms with Crippen molar-refractivity contribution in [3.05, 3.63) is 71.8 Å². The Kier molecular flexibility index (Phi) is 3.24. The van der Waals surface area contributed by atoms with Gasteiger partial charge in [-0.3, -0.25) is 4.90 Å². The van der Waals surface area contributed by atoms with Gasteiger partial charge in [0, 0.05) is 19.5 Å². The minimum Gasteiger partial charge on any atom is -0.291 e. The maximum Gasteiger partial charge on any atom is 0.0624 e. The number of likely N-dealkylation sites (tertiary alicyclic amines) is 1. The van der Waals surface area contributed by atoms with Crippen LogP contribution in [-0.4, -0.2) is 18.0 Å². The van der Waals surface area contributed by atoms with Crippen LogP contribution in [0.5, 0.6) is 0 Å². The Hall–Kier alpha value is -2.11. The summed E-state index contributed by atoms with van der Waals surface area (Å²) in [5, 5.41) is 8.90. The Morgan fingerprint density at radius 3 is 2.05 bits per heavy atom. The van der Waals surface area contributed by atoms with Crippen LogP contribution < -0.4 is 0 Å². The molecule has 1 aliphatic carbocycles. The van der Waals surface area contributed by atoms with Gasteiger partial charge in [-0.25, -0.2) is 0 Å². The highest BCUT2D eigenvalue weighted by Crippen LogP contribution is 2.61. The summed E-state index contributed by atoms with van der Waals surface area (Å²) in [7, 11) is 0. The molecule has 0 radical (unpaired) electrons. The topological polar surface area (TPSA) is 27.0 Å². The lowest BCUT2D eigenvalue weighted by atomic mass is 9.86. The minimum absolute atomic E-state index is 0.344. The average Bonchev–Trinajstić information content (AvgIpc) is 3.24. The molecule has 1 unspecified atom stereocenters. The third kappa shape index (κ3) is 2.23. The van der Waals surface area contributed by atoms with Crippen molar-refractivity contribution in [2.45, 2.75) is 18.9 Å². The van der Waals surface area contributed by atoms with Gasteiger partial charge in [-0.1, -0.05) is 60.7 Å². The second kappa shape index (κ2) is 5.26. The van der Waals surface area contributed by atoms with E-state index in [1.165, 1.54) is 17.5 Å². The molecule has 2 aromatic rings. The number of nitrogens with zero attached hydrogens (tertiary/aromatic N) is 2. The highest BCUT2D eigenvalue weighted by molar-refractivity contribution is 5.33. The summed E-state index contributed by atoms with van der Waals surface area (Å²) in [5.74, 6) is 0.640. The first kappa shape index (κ1) is 13.5. The molecule has 1 heterocycles. The van der Waals surface area contributed by atoms with Gasteiger partial charge >= 0.3 is 0 Å². The summed E-state index contributed by atoms with van der Waals surface area (Å²) in [4.78, 5) is 2.57. The van der Waals surface area contributed by atoms with E-state index in [1.54, 1.807) is 0 Å². The molecule has 1 atom stereocenters. The van der Waals surface area contributed by atoms with Crippen molar-refractivity contribution in [3.8, 4) is 6.07 Å². The first-order chi connectivity index (χ1) is 10.8. The van der Waals surface area contributed by atoms with Crippen LogP contribution in [0.15, 0.2) is 60.7 Å². The van der Waals surface area contributed by atoms with Gasteiger partial charge < -0.3 is 0 Å². The molecule has 1 saturated heterocycles. The van der Waals surface area contributed by atoms with E-state index in [2.05, 4.69) is 71.6 Å². The molecule has 0 bridgehead atoms. The van der Waals surface area contributed by atoms with Crippen LogP contribution >= 0.6 is 0 Å². The fraction of sp³-hybridized carbons (Fsp3) is 0.350. The largest absolute Gasteiger partial charge is 0.291 e. The fourth-order valence-corrected chi connectivity index (χ4v) is 4.05. The molecule has 2 fully saturated rings. The van der Waals surface area contributed by atoms with Gasteiger partial charge in [-0.2, -0.15) is 5.26 Å². The van der Waals surface area contributed by atoms with Crippen molar-refractivity contribution in [1.29, 1.82) is 5.26 Å². The number of hydrogen-bond donors (Lipinski definition) is 0. The summed E-state index contributed by atoms with van der Waals surface area (Å²) in [6, 6.07) is 24.2. The zero-order valence-corrected chi connectivity index (χ0v) is 12.7. The number of benzene rings is 2. The van der Waals surface area contributed by atoms with E-state index < -0.39 is 0 Å². The normalized spacial score (nSPS) is 22.3. The first-order valence-corrected chi connectivity index (χ1v) is 8.03. The molecule has 4 rings (SSSR count). The third-order valence-corrected chi connectivity index (χ3v) is 5.33. The maximum atomic E-state index is 8.90. The Bertz CT molecular complexity index is 641. The monoisotopic (exact) mass is 288 g/mol. The summed E-state index contributed by atoms with van der Waals surface area (Å²) < 4.78 is 0. The van der Waals surface area contributed by atoms with Gasteiger partial charge in [0.25, 0.3) is 0 Å². The lowest BCUT2D eigenvalue weighted by Crippen LogP contribution is -2.51. The van der Waals surface area contributed by atoms with E-state index in [9.17, 15) is 0 Å². The lowest BCUT2D eigenvalue weighted by molar-refractivity contribution is 0.0405. The van der Waals surface area contributed by atoms with Crippen molar-refractivity contribution < 1.29 is 0 Å². The predicted molar refractivity (Wildman–Crippen MR) is 87.1 cm³/mol. The van der Waals surface area contributed by atoms with Crippen LogP contribution in [0.1, 0.15) is 30.0 Å². The van der Waals surface area contributed by atoms with Gasteiger partial charge in [0.2, 0.25) is 0 Å². The molecule has 2 heteroatoms. The fourth-order valence-electron chi connectivity index (χ4n) is 4.05. The molecule has 2 nitrogen and oxygen atoms in total. The van der Waals surface area contributed by atoms with Gasteiger partial charge in [0.15, 0.2) is 0 Å². The van der Waals surface area contributed by atoms with Gasteiger partial charge in [-0.15, -0.1) is 0 Å². The van der Waals surface area contributed by atoms with Crippen LogP contribution in [0.2, 0.25) is 0 Å². The SMILES string of the molecule is N#CCC1CC12CN(C(c1ccccc1)c1ccccc1)C2. The van der Waals surface area contributed by atoms with Crippen LogP contribution in [0.3, 0.4) is 0 Å². The molecule has 2 aromatic carbocycles. The molecule has 1 spiro atoms. The van der Waals surface area contributed by atoms with E-state index in [0.717, 1.165) is 19.5 Å². The van der Waals surface area contributed by atoms with E-state index >= 15 is 0 Å². The first-order valence-electron chi connectivity index (χ1n) is 8.03. The van der Waals surface area contributed by atoms with Gasteiger partial charge in [0.1, 0.15) is 0 Å². The second-order valence-corrected chi connectivity index (χ2v) is 6.75. The summed E-state index contributed by atoms with van der Waals surface area (Å²) in [6.45, 7) is 2.27. The van der Waals surface area contributed by atoms with Crippen LogP contribution in [-0.2, 0) is 0 Å². The highest BCUT2D eigenvalue weighted by Gasteiger charge is 2.61. The Balaban J connectivity index is 1.57. The number of rotatable bonds is 4. The van der Waals surface area contributed by atoms with Gasteiger partial charge in [0.05, 0.1) is 12.1 Å². The van der Waals surface area contributed by atoms with Gasteiger partial charge in [-0.05, 0) is 28.9 Å². The molecule has 22 heavy (non-hydrogen) atoms. The molecule has 1 aliphatic heterocycles. The number of nitriles is 1. The standard InChI is InChI=1S/C20H20N2/c21-12-11-18-13-20(18)14-22(15-20)19(16-7-3-1-4-8-16)17-9-5-2-6-10-17/h1-10,18-19H,11,13-15H2. The zero-order chi connectivity index (χ0) is 15.0. The molecule has 2 aliphatic rings. The van der Waals surface area contributed by atoms with Crippen molar-refractivity contribution >= 4 is 0 Å². The molecule has 0 N–H and O–H groups in total. The van der Waals surface area contributed by atoms with E-state index in [1.807, 2.05) is 0 Å². The van der Waals surface area contributed by atoms with Crippen LogP contribution in [0, 0.1) is 22.7 Å².